The van der Waals surface area contributed by atoms with E-state index in [9.17, 15) is 5.11 Å². The lowest BCUT2D eigenvalue weighted by atomic mass is 10.1. The van der Waals surface area contributed by atoms with Gasteiger partial charge >= 0.3 is 0 Å². The number of nitrogens with zero attached hydrogens (tertiary/aromatic N) is 2. The molecule has 1 aromatic carbocycles. The fraction of sp³-hybridized carbons (Fsp3) is 0.250. The number of aryl methyl sites for hydroxylation is 1. The van der Waals surface area contributed by atoms with Crippen molar-refractivity contribution < 1.29 is 5.11 Å². The van der Waals surface area contributed by atoms with Crippen molar-refractivity contribution in [3.8, 4) is 5.75 Å². The first-order valence-electron chi connectivity index (χ1n) is 5.18. The van der Waals surface area contributed by atoms with Gasteiger partial charge in [-0.1, -0.05) is 17.7 Å². The van der Waals surface area contributed by atoms with Gasteiger partial charge in [-0.05, 0) is 24.6 Å². The normalized spacial score (nSPS) is 10.6. The van der Waals surface area contributed by atoms with Gasteiger partial charge in [0.2, 0.25) is 0 Å². The van der Waals surface area contributed by atoms with Crippen LogP contribution >= 0.6 is 11.6 Å². The number of phenolic OH excluding ortho intramolecular Hbond substituents is 1. The first-order chi connectivity index (χ1) is 7.70. The summed E-state index contributed by atoms with van der Waals surface area (Å²) in [5.41, 5.74) is 1.00. The van der Waals surface area contributed by atoms with Gasteiger partial charge in [0.05, 0.1) is 5.02 Å². The lowest BCUT2D eigenvalue weighted by molar-refractivity contribution is 0.475. The molecular formula is C12H13ClN2O. The fourth-order valence-corrected chi connectivity index (χ4v) is 1.76. The summed E-state index contributed by atoms with van der Waals surface area (Å²) in [5, 5.41) is 9.87. The second-order valence-electron chi connectivity index (χ2n) is 3.59. The maximum absolute atomic E-state index is 9.50. The molecule has 0 saturated heterocycles. The van der Waals surface area contributed by atoms with Gasteiger partial charge in [0.15, 0.2) is 0 Å². The van der Waals surface area contributed by atoms with Crippen molar-refractivity contribution in [2.45, 2.75) is 19.9 Å². The van der Waals surface area contributed by atoms with E-state index in [0.717, 1.165) is 17.9 Å². The molecule has 0 spiro atoms. The van der Waals surface area contributed by atoms with E-state index in [0.29, 0.717) is 11.4 Å². The minimum Gasteiger partial charge on any atom is -0.506 e. The van der Waals surface area contributed by atoms with Gasteiger partial charge in [-0.15, -0.1) is 0 Å². The fourth-order valence-electron chi connectivity index (χ4n) is 1.65. The Morgan fingerprint density at radius 1 is 1.44 bits per heavy atom. The molecule has 1 N–H and O–H groups in total. The molecule has 0 radical (unpaired) electrons. The van der Waals surface area contributed by atoms with E-state index in [4.69, 9.17) is 11.6 Å². The molecule has 0 aliphatic carbocycles. The highest BCUT2D eigenvalue weighted by molar-refractivity contribution is 6.31. The molecule has 16 heavy (non-hydrogen) atoms. The average Bonchev–Trinajstić information content (AvgIpc) is 2.71. The van der Waals surface area contributed by atoms with Crippen molar-refractivity contribution in [1.82, 2.24) is 9.55 Å². The molecule has 0 bridgehead atoms. The summed E-state index contributed by atoms with van der Waals surface area (Å²) in [6, 6.07) is 5.28. The van der Waals surface area contributed by atoms with Crippen molar-refractivity contribution in [2.24, 2.45) is 0 Å². The molecule has 1 heterocycles. The second kappa shape index (κ2) is 4.58. The zero-order valence-corrected chi connectivity index (χ0v) is 9.78. The quantitative estimate of drug-likeness (QED) is 0.890. The van der Waals surface area contributed by atoms with Gasteiger partial charge in [0.25, 0.3) is 0 Å². The topological polar surface area (TPSA) is 38.0 Å². The number of imidazole rings is 1. The largest absolute Gasteiger partial charge is 0.506 e. The van der Waals surface area contributed by atoms with Crippen LogP contribution in [-0.2, 0) is 13.0 Å². The van der Waals surface area contributed by atoms with Gasteiger partial charge in [-0.25, -0.2) is 4.98 Å². The zero-order chi connectivity index (χ0) is 11.5. The summed E-state index contributed by atoms with van der Waals surface area (Å²) in [6.45, 7) is 2.97. The predicted molar refractivity (Wildman–Crippen MR) is 63.8 cm³/mol. The van der Waals surface area contributed by atoms with Gasteiger partial charge in [0, 0.05) is 25.4 Å². The summed E-state index contributed by atoms with van der Waals surface area (Å²) in [7, 11) is 0. The lowest BCUT2D eigenvalue weighted by Gasteiger charge is -2.05. The predicted octanol–water partition coefficient (Wildman–Crippen LogP) is 2.85. The van der Waals surface area contributed by atoms with Crippen LogP contribution < -0.4 is 0 Å². The molecule has 0 aliphatic heterocycles. The van der Waals surface area contributed by atoms with Crippen LogP contribution in [-0.4, -0.2) is 14.7 Å². The lowest BCUT2D eigenvalue weighted by Crippen LogP contribution is -2.01. The highest BCUT2D eigenvalue weighted by Gasteiger charge is 2.05. The van der Waals surface area contributed by atoms with E-state index >= 15 is 0 Å². The van der Waals surface area contributed by atoms with Crippen molar-refractivity contribution in [3.05, 3.63) is 47.0 Å². The van der Waals surface area contributed by atoms with E-state index in [1.54, 1.807) is 18.3 Å². The van der Waals surface area contributed by atoms with Gasteiger partial charge < -0.3 is 9.67 Å². The van der Waals surface area contributed by atoms with Crippen LogP contribution in [0.2, 0.25) is 5.02 Å². The van der Waals surface area contributed by atoms with Crippen molar-refractivity contribution in [2.75, 3.05) is 0 Å². The first-order valence-corrected chi connectivity index (χ1v) is 5.56. The number of halogens is 1. The van der Waals surface area contributed by atoms with Crippen LogP contribution in [0.15, 0.2) is 30.6 Å². The van der Waals surface area contributed by atoms with E-state index in [2.05, 4.69) is 16.5 Å². The molecule has 0 unspecified atom stereocenters. The Morgan fingerprint density at radius 2 is 2.25 bits per heavy atom. The van der Waals surface area contributed by atoms with E-state index in [-0.39, 0.29) is 5.75 Å². The number of rotatable bonds is 3. The number of aromatic nitrogens is 2. The molecule has 0 amide bonds. The number of hydrogen-bond donors (Lipinski definition) is 1. The van der Waals surface area contributed by atoms with Crippen LogP contribution in [0.4, 0.5) is 0 Å². The van der Waals surface area contributed by atoms with Crippen LogP contribution in [0.3, 0.4) is 0 Å². The molecule has 3 nitrogen and oxygen atoms in total. The molecule has 84 valence electrons. The van der Waals surface area contributed by atoms with Gasteiger partial charge in [-0.3, -0.25) is 0 Å². The summed E-state index contributed by atoms with van der Waals surface area (Å²) < 4.78 is 2.08. The Balaban J connectivity index is 2.24. The summed E-state index contributed by atoms with van der Waals surface area (Å²) >= 11 is 5.75. The Labute approximate surface area is 99.3 Å². The molecule has 4 heteroatoms. The molecule has 0 aliphatic rings. The third kappa shape index (κ3) is 2.19. The molecule has 0 atom stereocenters. The van der Waals surface area contributed by atoms with Crippen LogP contribution in [0.1, 0.15) is 18.3 Å². The minimum absolute atomic E-state index is 0.119. The standard InChI is InChI=1S/C12H13ClN2O/c1-2-15-6-5-14-12(15)8-9-3-4-10(13)11(16)7-9/h3-7,16H,2,8H2,1H3. The summed E-state index contributed by atoms with van der Waals surface area (Å²) in [4.78, 5) is 4.28. The van der Waals surface area contributed by atoms with E-state index in [1.165, 1.54) is 0 Å². The number of aromatic hydroxyl groups is 1. The highest BCUT2D eigenvalue weighted by Crippen LogP contribution is 2.24. The van der Waals surface area contributed by atoms with Crippen LogP contribution in [0.25, 0.3) is 0 Å². The van der Waals surface area contributed by atoms with E-state index in [1.807, 2.05) is 12.3 Å². The average molecular weight is 237 g/mol. The van der Waals surface area contributed by atoms with Crippen LogP contribution in [0.5, 0.6) is 5.75 Å². The third-order valence-electron chi connectivity index (χ3n) is 2.52. The van der Waals surface area contributed by atoms with Crippen molar-refractivity contribution in [3.63, 3.8) is 0 Å². The smallest absolute Gasteiger partial charge is 0.134 e. The molecular weight excluding hydrogens is 224 g/mol. The molecule has 0 fully saturated rings. The van der Waals surface area contributed by atoms with Gasteiger partial charge in [0.1, 0.15) is 11.6 Å². The minimum atomic E-state index is 0.119. The SMILES string of the molecule is CCn1ccnc1Cc1ccc(Cl)c(O)c1. The first kappa shape index (κ1) is 11.0. The Hall–Kier alpha value is -1.48. The molecule has 1 aromatic heterocycles. The summed E-state index contributed by atoms with van der Waals surface area (Å²) in [5.74, 6) is 1.11. The molecule has 2 aromatic rings. The number of phenols is 1. The monoisotopic (exact) mass is 236 g/mol. The maximum Gasteiger partial charge on any atom is 0.134 e. The van der Waals surface area contributed by atoms with Gasteiger partial charge in [-0.2, -0.15) is 0 Å². The van der Waals surface area contributed by atoms with Crippen LogP contribution in [0, 0.1) is 0 Å². The van der Waals surface area contributed by atoms with Crippen molar-refractivity contribution in [1.29, 1.82) is 0 Å². The highest BCUT2D eigenvalue weighted by atomic mass is 35.5. The molecule has 0 saturated carbocycles. The number of hydrogen-bond acceptors (Lipinski definition) is 2. The van der Waals surface area contributed by atoms with Crippen molar-refractivity contribution >= 4 is 11.6 Å². The Kier molecular flexibility index (Phi) is 3.15. The molecule has 2 rings (SSSR count). The summed E-state index contributed by atoms with van der Waals surface area (Å²) in [6.07, 6.45) is 4.44. The Bertz CT molecular complexity index is 494. The van der Waals surface area contributed by atoms with E-state index < -0.39 is 0 Å². The third-order valence-corrected chi connectivity index (χ3v) is 2.83. The number of benzene rings is 1. The maximum atomic E-state index is 9.50. The Morgan fingerprint density at radius 3 is 2.94 bits per heavy atom. The zero-order valence-electron chi connectivity index (χ0n) is 9.02. The second-order valence-corrected chi connectivity index (χ2v) is 4.00.